The molecule has 3 heterocycles. The molecule has 4 nitrogen and oxygen atoms in total. The molecule has 0 fully saturated rings. The summed E-state index contributed by atoms with van der Waals surface area (Å²) in [5, 5.41) is 6.03. The van der Waals surface area contributed by atoms with Crippen LogP contribution in [0.4, 0.5) is 0 Å². The van der Waals surface area contributed by atoms with Crippen molar-refractivity contribution in [1.82, 2.24) is 19.9 Å². The molecule has 0 amide bonds. The van der Waals surface area contributed by atoms with E-state index in [-0.39, 0.29) is 0 Å². The number of nitrogens with zero attached hydrogens (tertiary/aromatic N) is 4. The maximum atomic E-state index is 5.23. The second kappa shape index (κ2) is 11.7. The molecule has 3 aromatic heterocycles. The van der Waals surface area contributed by atoms with Crippen LogP contribution in [-0.4, -0.2) is 19.9 Å². The van der Waals surface area contributed by atoms with Crippen LogP contribution < -0.4 is 0 Å². The third-order valence-corrected chi connectivity index (χ3v) is 8.99. The molecule has 0 aliphatic rings. The summed E-state index contributed by atoms with van der Waals surface area (Å²) >= 11 is 0. The highest BCUT2D eigenvalue weighted by atomic mass is 14.9. The quantitative estimate of drug-likeness (QED) is 0.181. The average molecular weight is 613 g/mol. The maximum Gasteiger partial charge on any atom is 0.160 e. The lowest BCUT2D eigenvalue weighted by molar-refractivity contribution is 1.18. The molecule has 0 unspecified atom stereocenters. The van der Waals surface area contributed by atoms with Gasteiger partial charge in [0.25, 0.3) is 0 Å². The van der Waals surface area contributed by atoms with Gasteiger partial charge < -0.3 is 0 Å². The lowest BCUT2D eigenvalue weighted by atomic mass is 9.96. The van der Waals surface area contributed by atoms with Gasteiger partial charge in [-0.2, -0.15) is 0 Å². The Morgan fingerprint density at radius 1 is 0.312 bits per heavy atom. The zero-order valence-corrected chi connectivity index (χ0v) is 26.0. The van der Waals surface area contributed by atoms with Gasteiger partial charge in [0.1, 0.15) is 0 Å². The molecule has 48 heavy (non-hydrogen) atoms. The minimum absolute atomic E-state index is 0.693. The van der Waals surface area contributed by atoms with Gasteiger partial charge >= 0.3 is 0 Å². The molecule has 0 N–H and O–H groups in total. The summed E-state index contributed by atoms with van der Waals surface area (Å²) in [6, 6.07) is 54.7. The number of hydrogen-bond donors (Lipinski definition) is 0. The summed E-state index contributed by atoms with van der Waals surface area (Å²) in [5.41, 5.74) is 9.98. The van der Waals surface area contributed by atoms with Gasteiger partial charge in [-0.25, -0.2) is 15.0 Å². The van der Waals surface area contributed by atoms with Gasteiger partial charge in [0.2, 0.25) is 0 Å². The van der Waals surface area contributed by atoms with Crippen LogP contribution in [0.3, 0.4) is 0 Å². The van der Waals surface area contributed by atoms with Crippen molar-refractivity contribution in [2.45, 2.75) is 0 Å². The summed E-state index contributed by atoms with van der Waals surface area (Å²) < 4.78 is 0. The number of fused-ring (bicyclic) bond motifs is 6. The Kier molecular flexibility index (Phi) is 6.76. The van der Waals surface area contributed by atoms with Gasteiger partial charge in [-0.3, -0.25) is 4.98 Å². The molecule has 9 rings (SSSR count). The topological polar surface area (TPSA) is 51.6 Å². The maximum absolute atomic E-state index is 5.23. The van der Waals surface area contributed by atoms with Gasteiger partial charge in [0.15, 0.2) is 5.82 Å². The van der Waals surface area contributed by atoms with E-state index in [9.17, 15) is 0 Å². The minimum Gasteiger partial charge on any atom is -0.264 e. The van der Waals surface area contributed by atoms with Crippen molar-refractivity contribution in [3.05, 3.63) is 170 Å². The van der Waals surface area contributed by atoms with E-state index in [1.807, 2.05) is 30.5 Å². The van der Waals surface area contributed by atoms with E-state index in [1.165, 1.54) is 26.9 Å². The van der Waals surface area contributed by atoms with E-state index >= 15 is 0 Å². The Morgan fingerprint density at radius 2 is 0.812 bits per heavy atom. The van der Waals surface area contributed by atoms with Crippen LogP contribution >= 0.6 is 0 Å². The Balaban J connectivity index is 1.11. The third-order valence-electron chi connectivity index (χ3n) is 8.99. The van der Waals surface area contributed by atoms with E-state index < -0.39 is 0 Å². The predicted molar refractivity (Wildman–Crippen MR) is 197 cm³/mol. The molecule has 0 bridgehead atoms. The van der Waals surface area contributed by atoms with Crippen LogP contribution in [0.1, 0.15) is 0 Å². The van der Waals surface area contributed by atoms with Gasteiger partial charge in [-0.05, 0) is 51.6 Å². The molecule has 0 saturated heterocycles. The predicted octanol–water partition coefficient (Wildman–Crippen LogP) is 11.1. The van der Waals surface area contributed by atoms with Crippen molar-refractivity contribution < 1.29 is 0 Å². The first kappa shape index (κ1) is 27.8. The zero-order valence-electron chi connectivity index (χ0n) is 26.0. The van der Waals surface area contributed by atoms with Gasteiger partial charge in [0.05, 0.1) is 22.6 Å². The molecule has 4 heteroatoms. The molecule has 9 aromatic rings. The fourth-order valence-electron chi connectivity index (χ4n) is 6.56. The summed E-state index contributed by atoms with van der Waals surface area (Å²) in [6.07, 6.45) is 3.67. The fraction of sp³-hybridized carbons (Fsp3) is 0. The molecule has 0 aliphatic heterocycles. The molecule has 0 atom stereocenters. The largest absolute Gasteiger partial charge is 0.264 e. The van der Waals surface area contributed by atoms with Crippen LogP contribution in [0.25, 0.3) is 88.7 Å². The normalized spacial score (nSPS) is 11.3. The number of pyridine rings is 2. The standard InChI is InChI=1S/C44H28N4/c1-2-9-33(10-3-1)44-47-41(31-18-16-29(17-19-31)34-11-8-26-45-28-34)27-42(48-44)32-22-20-30(21-23-32)40-25-24-39-37-14-5-4-12-35(37)36-13-6-7-15-38(36)43(39)46-40/h1-28H. The first-order valence-corrected chi connectivity index (χ1v) is 16.0. The highest BCUT2D eigenvalue weighted by Crippen LogP contribution is 2.36. The first-order chi connectivity index (χ1) is 23.8. The SMILES string of the molecule is c1ccc(-c2nc(-c3ccc(-c4cccnc4)cc3)cc(-c3ccc(-c4ccc5c6ccccc6c6ccccc6c5n4)cc3)n2)cc1. The summed E-state index contributed by atoms with van der Waals surface area (Å²) in [7, 11) is 0. The van der Waals surface area contributed by atoms with Crippen molar-refractivity contribution in [3.63, 3.8) is 0 Å². The Bertz CT molecular complexity index is 2540. The lowest BCUT2D eigenvalue weighted by Crippen LogP contribution is -1.96. The molecule has 0 radical (unpaired) electrons. The third kappa shape index (κ3) is 4.97. The van der Waals surface area contributed by atoms with Crippen molar-refractivity contribution >= 4 is 32.4 Å². The van der Waals surface area contributed by atoms with E-state index in [0.29, 0.717) is 5.82 Å². The smallest absolute Gasteiger partial charge is 0.160 e. The van der Waals surface area contributed by atoms with Crippen molar-refractivity contribution in [2.24, 2.45) is 0 Å². The number of aromatic nitrogens is 4. The Hall–Kier alpha value is -6.52. The Labute approximate surface area is 278 Å². The van der Waals surface area contributed by atoms with Crippen LogP contribution in [0.15, 0.2) is 170 Å². The lowest BCUT2D eigenvalue weighted by Gasteiger charge is -2.12. The van der Waals surface area contributed by atoms with Crippen LogP contribution in [0.2, 0.25) is 0 Å². The van der Waals surface area contributed by atoms with Crippen LogP contribution in [-0.2, 0) is 0 Å². The molecule has 6 aromatic carbocycles. The average Bonchev–Trinajstić information content (AvgIpc) is 3.18. The highest BCUT2D eigenvalue weighted by Gasteiger charge is 2.13. The van der Waals surface area contributed by atoms with Crippen LogP contribution in [0, 0.1) is 0 Å². The highest BCUT2D eigenvalue weighted by molar-refractivity contribution is 6.24. The minimum atomic E-state index is 0.693. The van der Waals surface area contributed by atoms with E-state index in [0.717, 1.165) is 56.0 Å². The van der Waals surface area contributed by atoms with Crippen molar-refractivity contribution in [1.29, 1.82) is 0 Å². The molecular formula is C44H28N4. The summed E-state index contributed by atoms with van der Waals surface area (Å²) in [6.45, 7) is 0. The summed E-state index contributed by atoms with van der Waals surface area (Å²) in [4.78, 5) is 19.5. The van der Waals surface area contributed by atoms with E-state index in [2.05, 4.69) is 138 Å². The van der Waals surface area contributed by atoms with E-state index in [4.69, 9.17) is 15.0 Å². The van der Waals surface area contributed by atoms with Crippen molar-refractivity contribution in [3.8, 4) is 56.3 Å². The second-order valence-electron chi connectivity index (χ2n) is 11.9. The van der Waals surface area contributed by atoms with Gasteiger partial charge in [-0.1, -0.05) is 133 Å². The number of hydrogen-bond acceptors (Lipinski definition) is 4. The fourth-order valence-corrected chi connectivity index (χ4v) is 6.56. The second-order valence-corrected chi connectivity index (χ2v) is 11.9. The van der Waals surface area contributed by atoms with Gasteiger partial charge in [-0.15, -0.1) is 0 Å². The van der Waals surface area contributed by atoms with Crippen molar-refractivity contribution in [2.75, 3.05) is 0 Å². The number of benzene rings is 6. The van der Waals surface area contributed by atoms with E-state index in [1.54, 1.807) is 6.20 Å². The zero-order chi connectivity index (χ0) is 31.9. The molecule has 0 aliphatic carbocycles. The monoisotopic (exact) mass is 612 g/mol. The number of rotatable bonds is 5. The molecule has 224 valence electrons. The first-order valence-electron chi connectivity index (χ1n) is 16.0. The summed E-state index contributed by atoms with van der Waals surface area (Å²) in [5.74, 6) is 0.693. The molecular weight excluding hydrogens is 585 g/mol. The van der Waals surface area contributed by atoms with Gasteiger partial charge in [0, 0.05) is 45.4 Å². The molecule has 0 saturated carbocycles. The molecule has 0 spiro atoms. The van der Waals surface area contributed by atoms with Crippen LogP contribution in [0.5, 0.6) is 0 Å². The Morgan fingerprint density at radius 3 is 1.42 bits per heavy atom.